The summed E-state index contributed by atoms with van der Waals surface area (Å²) in [6.45, 7) is 10.5. The first-order valence-corrected chi connectivity index (χ1v) is 25.1. The Bertz CT molecular complexity index is 4540. The van der Waals surface area contributed by atoms with Gasteiger partial charge in [-0.1, -0.05) is 18.2 Å². The van der Waals surface area contributed by atoms with Crippen LogP contribution in [0.1, 0.15) is 96.9 Å². The van der Waals surface area contributed by atoms with Gasteiger partial charge in [-0.2, -0.15) is 30.5 Å². The maximum atomic E-state index is 13.9. The van der Waals surface area contributed by atoms with E-state index < -0.39 is 204 Å². The monoisotopic (exact) mass is 1230 g/mol. The van der Waals surface area contributed by atoms with Crippen molar-refractivity contribution in [2.75, 3.05) is 23.7 Å². The second kappa shape index (κ2) is 26.5. The summed E-state index contributed by atoms with van der Waals surface area (Å²) >= 11 is 0. The zero-order chi connectivity index (χ0) is 66.2. The molecule has 454 valence electrons. The average Bonchev–Trinajstić information content (AvgIpc) is 0.908. The normalized spacial score (nSPS) is 11.3. The van der Waals surface area contributed by atoms with Crippen molar-refractivity contribution in [3.05, 3.63) is 158 Å². The molecule has 7 aromatic rings. The lowest BCUT2D eigenvalue weighted by Gasteiger charge is -2.15. The van der Waals surface area contributed by atoms with Crippen LogP contribution in [-0.2, 0) is 13.1 Å². The Labute approximate surface area is 500 Å². The zero-order valence-corrected chi connectivity index (χ0v) is 46.4. The van der Waals surface area contributed by atoms with Crippen LogP contribution in [0.4, 0.5) is 57.7 Å². The molecule has 4 heterocycles. The molecular weight excluding hydrogens is 1190 g/mol. The highest BCUT2D eigenvalue weighted by molar-refractivity contribution is 6.07. The molecule has 0 atom stereocenters. The van der Waals surface area contributed by atoms with Gasteiger partial charge in [0, 0.05) is 37.3 Å². The fourth-order valence-corrected chi connectivity index (χ4v) is 8.55. The van der Waals surface area contributed by atoms with Crippen LogP contribution in [0, 0.1) is 50.0 Å². The summed E-state index contributed by atoms with van der Waals surface area (Å²) in [6, 6.07) is 13.2. The van der Waals surface area contributed by atoms with E-state index in [1.807, 2.05) is 0 Å². The molecule has 0 radical (unpaired) electrons. The minimum absolute atomic E-state index is 0.219. The molecule has 0 aliphatic carbocycles. The molecule has 4 aromatic heterocycles. The number of hydrogen-bond donors (Lipinski definition) is 11. The third kappa shape index (κ3) is 12.7. The lowest BCUT2D eigenvalue weighted by Crippen LogP contribution is -2.27. The van der Waals surface area contributed by atoms with Gasteiger partial charge in [-0.15, -0.1) is 30.7 Å². The van der Waals surface area contributed by atoms with Crippen LogP contribution in [0.3, 0.4) is 0 Å². The Hall–Kier alpha value is -13.7. The number of carboxylic acids is 6. The van der Waals surface area contributed by atoms with E-state index in [1.54, 1.807) is 12.1 Å². The van der Waals surface area contributed by atoms with Crippen LogP contribution in [0.5, 0.6) is 17.6 Å². The topological polar surface area (TPSA) is 552 Å². The summed E-state index contributed by atoms with van der Waals surface area (Å²) in [5.74, 6) is -14.9. The van der Waals surface area contributed by atoms with E-state index in [4.69, 9.17) is 6.57 Å². The Kier molecular flexibility index (Phi) is 18.8. The van der Waals surface area contributed by atoms with Crippen molar-refractivity contribution < 1.29 is 74.7 Å². The van der Waals surface area contributed by atoms with Crippen molar-refractivity contribution in [2.45, 2.75) is 40.8 Å². The second-order valence-corrected chi connectivity index (χ2v) is 18.2. The highest BCUT2D eigenvalue weighted by Crippen LogP contribution is 2.38. The summed E-state index contributed by atoms with van der Waals surface area (Å²) in [4.78, 5) is 133. The molecular formula is C54H40N18O18. The molecule has 0 unspecified atom stereocenters. The summed E-state index contributed by atoms with van der Waals surface area (Å²) in [7, 11) is 0. The van der Waals surface area contributed by atoms with E-state index in [0.29, 0.717) is 13.7 Å². The van der Waals surface area contributed by atoms with E-state index in [0.717, 1.165) is 49.4 Å². The Morgan fingerprint density at radius 2 is 0.889 bits per heavy atom. The summed E-state index contributed by atoms with van der Waals surface area (Å²) < 4.78 is 1.76. The maximum Gasteiger partial charge on any atom is 0.338 e. The van der Waals surface area contributed by atoms with E-state index >= 15 is 0 Å². The third-order valence-corrected chi connectivity index (χ3v) is 12.9. The van der Waals surface area contributed by atoms with Crippen molar-refractivity contribution in [1.29, 1.82) is 10.5 Å². The van der Waals surface area contributed by atoms with Gasteiger partial charge in [0.1, 0.15) is 68.5 Å². The summed E-state index contributed by atoms with van der Waals surface area (Å²) in [5, 5.41) is 141. The number of rotatable bonds is 21. The predicted octanol–water partition coefficient (Wildman–Crippen LogP) is 6.95. The molecule has 7 rings (SSSR count). The van der Waals surface area contributed by atoms with E-state index in [1.165, 1.54) is 32.9 Å². The molecule has 36 heteroatoms. The van der Waals surface area contributed by atoms with Crippen molar-refractivity contribution in [3.8, 4) is 29.8 Å². The van der Waals surface area contributed by atoms with Gasteiger partial charge in [0.2, 0.25) is 29.5 Å². The van der Waals surface area contributed by atoms with Gasteiger partial charge in [0.25, 0.3) is 28.3 Å². The molecule has 90 heavy (non-hydrogen) atoms. The number of aliphatic imine (C=N–C) groups is 1. The number of aromatic nitrogens is 6. The molecule has 0 amide bonds. The number of nitrogens with one attached hydrogen (secondary N) is 2. The van der Waals surface area contributed by atoms with Gasteiger partial charge in [-0.3, -0.25) is 23.5 Å². The standard InChI is InChI=1S/C54H40N18O18/c1-21-28(19-55)40(73)70(42(75)37(21)67-64-30-12-6-9-25(46(79)80)33(30)49(85)86)17-15-58-52-61-53(59-16-18-71-41(74)29(20-56)22(2)38(43(71)76)68-65-31-13-7-10-26(47(81)82)34(31)50(87)88)63-54(62-52)60-24(4)72-44(77)36(57-5)23(3)39(45(72)78)69-66-32-14-8-11-27(48(83)84)35(32)51(89)90/h6-14,75-76,78H,15-18H2,1-4H3,(H,79,80)(H,81,82)(H,83,84)(H,85,86)(H,87,88)(H,89,90)(H2,58,59,61,62,63). The van der Waals surface area contributed by atoms with Gasteiger partial charge >= 0.3 is 35.8 Å². The molecule has 11 N–H and O–H groups in total. The number of nitrogens with zero attached hydrogens (tertiary/aromatic N) is 16. The molecule has 3 aromatic carbocycles. The van der Waals surface area contributed by atoms with Gasteiger partial charge in [0.05, 0.1) is 23.3 Å². The first kappa shape index (κ1) is 63.9. The molecule has 0 fully saturated rings. The number of aromatic hydroxyl groups is 3. The number of hydrogen-bond acceptors (Lipinski definition) is 26. The Morgan fingerprint density at radius 3 is 1.21 bits per heavy atom. The van der Waals surface area contributed by atoms with Crippen LogP contribution in [-0.4, -0.2) is 129 Å². The minimum atomic E-state index is -1.71. The number of aromatic carboxylic acids is 6. The minimum Gasteiger partial charge on any atom is -0.493 e. The van der Waals surface area contributed by atoms with Crippen LogP contribution in [0.2, 0.25) is 0 Å². The number of benzene rings is 3. The van der Waals surface area contributed by atoms with Crippen molar-refractivity contribution >= 4 is 99.3 Å². The predicted molar refractivity (Wildman–Crippen MR) is 306 cm³/mol. The van der Waals surface area contributed by atoms with Crippen LogP contribution >= 0.6 is 0 Å². The molecule has 36 nitrogen and oxygen atoms in total. The summed E-state index contributed by atoms with van der Waals surface area (Å²) in [6.07, 6.45) is 0. The molecule has 0 aliphatic rings. The third-order valence-electron chi connectivity index (χ3n) is 12.9. The largest absolute Gasteiger partial charge is 0.493 e. The van der Waals surface area contributed by atoms with E-state index in [9.17, 15) is 99.6 Å². The molecule has 0 saturated heterocycles. The quantitative estimate of drug-likeness (QED) is 0.0150. The number of anilines is 2. The van der Waals surface area contributed by atoms with Crippen molar-refractivity contribution in [3.63, 3.8) is 0 Å². The Morgan fingerprint density at radius 1 is 0.533 bits per heavy atom. The smallest absolute Gasteiger partial charge is 0.338 e. The number of carboxylic acid groups (broad SMARTS) is 6. The lowest BCUT2D eigenvalue weighted by atomic mass is 10.1. The van der Waals surface area contributed by atoms with Crippen molar-refractivity contribution in [1.82, 2.24) is 28.7 Å². The second-order valence-electron chi connectivity index (χ2n) is 18.2. The molecule has 0 bridgehead atoms. The van der Waals surface area contributed by atoms with Crippen LogP contribution in [0.15, 0.2) is 105 Å². The fraction of sp³-hybridized carbons (Fsp3) is 0.148. The highest BCUT2D eigenvalue weighted by atomic mass is 16.4. The average molecular weight is 1230 g/mol. The number of azo groups is 3. The fourth-order valence-electron chi connectivity index (χ4n) is 8.55. The van der Waals surface area contributed by atoms with Crippen molar-refractivity contribution in [2.24, 2.45) is 35.7 Å². The molecule has 0 spiro atoms. The summed E-state index contributed by atoms with van der Waals surface area (Å²) in [5.41, 5.74) is -13.3. The van der Waals surface area contributed by atoms with Crippen LogP contribution < -0.4 is 27.3 Å². The number of pyridine rings is 3. The SMILES string of the molecule is [C-]#[N+]c1c(C)c(N=Nc2cccc(C(=O)O)c2C(=O)O)c(O)n(C(C)=Nc2nc(NCCn3c(O)c(N=Nc4cccc(C(=O)O)c4C(=O)O)c(C)c(C#N)c3=O)nc(NCCn3c(O)c(N=Nc4cccc(C(=O)O)c4C(=O)O)c(C)c(C#N)c3=O)n2)c1=O. The first-order valence-electron chi connectivity index (χ1n) is 25.1. The van der Waals surface area contributed by atoms with Gasteiger partial charge in [-0.05, 0) is 69.7 Å². The van der Waals surface area contributed by atoms with E-state index in [2.05, 4.69) is 66.1 Å². The zero-order valence-electron chi connectivity index (χ0n) is 46.4. The molecule has 0 aliphatic heterocycles. The number of nitriles is 2. The van der Waals surface area contributed by atoms with Gasteiger partial charge in [-0.25, -0.2) is 38.2 Å². The highest BCUT2D eigenvalue weighted by Gasteiger charge is 2.27. The maximum absolute atomic E-state index is 13.9. The molecule has 0 saturated carbocycles. The van der Waals surface area contributed by atoms with Crippen LogP contribution in [0.25, 0.3) is 4.85 Å². The number of carbonyl (C=O) groups is 6. The van der Waals surface area contributed by atoms with Gasteiger partial charge in [0.15, 0.2) is 11.4 Å². The van der Waals surface area contributed by atoms with E-state index in [-0.39, 0.29) is 16.7 Å². The lowest BCUT2D eigenvalue weighted by molar-refractivity contribution is 0.0652. The van der Waals surface area contributed by atoms with Gasteiger partial charge < -0.3 is 56.6 Å². The first-order chi connectivity index (χ1) is 42.7. The Balaban J connectivity index is 1.30.